The average molecular weight is 360 g/mol. The minimum atomic E-state index is -0.888. The number of hydrogen-bond acceptors (Lipinski definition) is 3. The molecule has 1 atom stereocenters. The highest BCUT2D eigenvalue weighted by atomic mass is 35.5. The lowest BCUT2D eigenvalue weighted by Crippen LogP contribution is -2.37. The Kier molecular flexibility index (Phi) is 5.95. The lowest BCUT2D eigenvalue weighted by Gasteiger charge is -2.32. The number of carboxylic acid groups (broad SMARTS) is 1. The second kappa shape index (κ2) is 8.37. The number of piperidine rings is 1. The highest BCUT2D eigenvalue weighted by Crippen LogP contribution is 2.25. The number of para-hydroxylation sites is 1. The van der Waals surface area contributed by atoms with Crippen molar-refractivity contribution in [3.8, 4) is 5.75 Å². The summed E-state index contributed by atoms with van der Waals surface area (Å²) < 4.78 is 5.89. The summed E-state index contributed by atoms with van der Waals surface area (Å²) in [4.78, 5) is 13.3. The quantitative estimate of drug-likeness (QED) is 0.834. The van der Waals surface area contributed by atoms with Crippen LogP contribution in [0.3, 0.4) is 0 Å². The summed E-state index contributed by atoms with van der Waals surface area (Å²) >= 11 is 6.14. The highest BCUT2D eigenvalue weighted by Gasteiger charge is 2.21. The fourth-order valence-electron chi connectivity index (χ4n) is 3.21. The number of halogens is 1. The Bertz CT molecular complexity index is 717. The Hall–Kier alpha value is -2.04. The van der Waals surface area contributed by atoms with E-state index in [9.17, 15) is 4.79 Å². The average Bonchev–Trinajstić information content (AvgIpc) is 2.62. The third-order valence-electron chi connectivity index (χ3n) is 4.52. The van der Waals surface area contributed by atoms with Crippen LogP contribution in [-0.2, 0) is 6.54 Å². The number of benzene rings is 2. The molecule has 2 aromatic rings. The van der Waals surface area contributed by atoms with Crippen molar-refractivity contribution in [1.82, 2.24) is 4.90 Å². The number of carbonyl (C=O) groups is 1. The van der Waals surface area contributed by atoms with E-state index in [0.29, 0.717) is 23.1 Å². The zero-order chi connectivity index (χ0) is 17.6. The third-order valence-corrected chi connectivity index (χ3v) is 4.83. The van der Waals surface area contributed by atoms with Crippen LogP contribution in [0.1, 0.15) is 28.8 Å². The number of ether oxygens (including phenoxy) is 1. The highest BCUT2D eigenvalue weighted by molar-refractivity contribution is 6.32. The van der Waals surface area contributed by atoms with Gasteiger partial charge in [-0.1, -0.05) is 35.9 Å². The molecule has 0 bridgehead atoms. The molecule has 4 nitrogen and oxygen atoms in total. The smallest absolute Gasteiger partial charge is 0.335 e. The van der Waals surface area contributed by atoms with Gasteiger partial charge in [0.05, 0.1) is 17.2 Å². The number of likely N-dealkylation sites (tertiary alicyclic amines) is 1. The molecule has 2 aromatic carbocycles. The van der Waals surface area contributed by atoms with Gasteiger partial charge in [0, 0.05) is 19.0 Å². The molecule has 0 amide bonds. The topological polar surface area (TPSA) is 49.8 Å². The lowest BCUT2D eigenvalue weighted by molar-refractivity contribution is 0.0697. The largest absolute Gasteiger partial charge is 0.492 e. The van der Waals surface area contributed by atoms with Gasteiger partial charge in [0.25, 0.3) is 0 Å². The van der Waals surface area contributed by atoms with E-state index in [2.05, 4.69) is 4.90 Å². The maximum atomic E-state index is 10.9. The van der Waals surface area contributed by atoms with E-state index in [1.165, 1.54) is 0 Å². The second-order valence-corrected chi connectivity index (χ2v) is 6.89. The first-order valence-corrected chi connectivity index (χ1v) is 8.91. The van der Waals surface area contributed by atoms with Gasteiger partial charge < -0.3 is 9.84 Å². The van der Waals surface area contributed by atoms with Crippen LogP contribution in [0.2, 0.25) is 5.02 Å². The van der Waals surface area contributed by atoms with Crippen LogP contribution in [0.4, 0.5) is 0 Å². The van der Waals surface area contributed by atoms with Gasteiger partial charge in [-0.25, -0.2) is 4.79 Å². The van der Waals surface area contributed by atoms with Crippen LogP contribution in [-0.4, -0.2) is 35.7 Å². The van der Waals surface area contributed by atoms with Crippen LogP contribution in [0, 0.1) is 5.92 Å². The fraction of sp³-hybridized carbons (Fsp3) is 0.350. The van der Waals surface area contributed by atoms with Crippen LogP contribution in [0.15, 0.2) is 48.5 Å². The van der Waals surface area contributed by atoms with Gasteiger partial charge in [0.1, 0.15) is 5.75 Å². The van der Waals surface area contributed by atoms with Gasteiger partial charge in [0.15, 0.2) is 0 Å². The number of rotatable bonds is 6. The molecule has 1 aliphatic heterocycles. The van der Waals surface area contributed by atoms with Crippen molar-refractivity contribution in [3.63, 3.8) is 0 Å². The zero-order valence-corrected chi connectivity index (χ0v) is 14.8. The Morgan fingerprint density at radius 1 is 1.20 bits per heavy atom. The van der Waals surface area contributed by atoms with Crippen molar-refractivity contribution in [1.29, 1.82) is 0 Å². The van der Waals surface area contributed by atoms with Crippen molar-refractivity contribution >= 4 is 17.6 Å². The Balaban J connectivity index is 1.52. The minimum absolute atomic E-state index is 0.327. The van der Waals surface area contributed by atoms with Crippen LogP contribution in [0.5, 0.6) is 5.75 Å². The SMILES string of the molecule is O=C(O)c1ccc(CN2CCCC(COc3ccccc3Cl)C2)cc1. The van der Waals surface area contributed by atoms with Crippen LogP contribution >= 0.6 is 11.6 Å². The third kappa shape index (κ3) is 4.97. The van der Waals surface area contributed by atoms with E-state index in [1.807, 2.05) is 36.4 Å². The predicted molar refractivity (Wildman–Crippen MR) is 98.3 cm³/mol. The molecule has 1 saturated heterocycles. The molecule has 3 rings (SSSR count). The summed E-state index contributed by atoms with van der Waals surface area (Å²) in [5.41, 5.74) is 1.46. The summed E-state index contributed by atoms with van der Waals surface area (Å²) in [5, 5.41) is 9.62. The molecule has 0 aromatic heterocycles. The van der Waals surface area contributed by atoms with E-state index in [-0.39, 0.29) is 0 Å². The number of hydrogen-bond donors (Lipinski definition) is 1. The van der Waals surface area contributed by atoms with Crippen molar-refractivity contribution in [2.24, 2.45) is 5.92 Å². The maximum Gasteiger partial charge on any atom is 0.335 e. The first-order chi connectivity index (χ1) is 12.1. The molecule has 1 N–H and O–H groups in total. The molecule has 1 fully saturated rings. The van der Waals surface area contributed by atoms with Crippen LogP contribution < -0.4 is 4.74 Å². The van der Waals surface area contributed by atoms with Gasteiger partial charge >= 0.3 is 5.97 Å². The van der Waals surface area contributed by atoms with Crippen molar-refractivity contribution in [3.05, 3.63) is 64.7 Å². The first-order valence-electron chi connectivity index (χ1n) is 8.54. The van der Waals surface area contributed by atoms with E-state index in [1.54, 1.807) is 12.1 Å². The molecule has 1 unspecified atom stereocenters. The van der Waals surface area contributed by atoms with Gasteiger partial charge in [-0.05, 0) is 49.2 Å². The molecule has 132 valence electrons. The summed E-state index contributed by atoms with van der Waals surface area (Å²) in [5.74, 6) is 0.329. The Labute approximate surface area is 153 Å². The number of aromatic carboxylic acids is 1. The van der Waals surface area contributed by atoms with Crippen molar-refractivity contribution < 1.29 is 14.6 Å². The predicted octanol–water partition coefficient (Wildman–Crippen LogP) is 4.33. The van der Waals surface area contributed by atoms with Gasteiger partial charge in [-0.15, -0.1) is 0 Å². The van der Waals surface area contributed by atoms with Crippen molar-refractivity contribution in [2.45, 2.75) is 19.4 Å². The standard InChI is InChI=1S/C20H22ClNO3/c21-18-5-1-2-6-19(18)25-14-16-4-3-11-22(13-16)12-15-7-9-17(10-8-15)20(23)24/h1-2,5-10,16H,3-4,11-14H2,(H,23,24). The molecule has 1 aliphatic rings. The lowest BCUT2D eigenvalue weighted by atomic mass is 9.98. The molecule has 5 heteroatoms. The van der Waals surface area contributed by atoms with E-state index >= 15 is 0 Å². The molecule has 0 radical (unpaired) electrons. The molecule has 25 heavy (non-hydrogen) atoms. The maximum absolute atomic E-state index is 10.9. The van der Waals surface area contributed by atoms with E-state index < -0.39 is 5.97 Å². The first kappa shape index (κ1) is 17.8. The summed E-state index contributed by atoms with van der Waals surface area (Å²) in [6.07, 6.45) is 2.29. The second-order valence-electron chi connectivity index (χ2n) is 6.49. The summed E-state index contributed by atoms with van der Waals surface area (Å²) in [6, 6.07) is 14.7. The minimum Gasteiger partial charge on any atom is -0.492 e. The Morgan fingerprint density at radius 2 is 1.96 bits per heavy atom. The van der Waals surface area contributed by atoms with Gasteiger partial charge in [0.2, 0.25) is 0 Å². The summed E-state index contributed by atoms with van der Waals surface area (Å²) in [6.45, 7) is 3.54. The molecule has 0 aliphatic carbocycles. The van der Waals surface area contributed by atoms with E-state index in [4.69, 9.17) is 21.4 Å². The van der Waals surface area contributed by atoms with Gasteiger partial charge in [-0.2, -0.15) is 0 Å². The number of carboxylic acids is 1. The normalized spacial score (nSPS) is 18.0. The zero-order valence-electron chi connectivity index (χ0n) is 14.0. The molecular weight excluding hydrogens is 338 g/mol. The van der Waals surface area contributed by atoms with Gasteiger partial charge in [-0.3, -0.25) is 4.90 Å². The molecule has 0 spiro atoms. The molecule has 1 heterocycles. The van der Waals surface area contributed by atoms with E-state index in [0.717, 1.165) is 43.8 Å². The summed E-state index contributed by atoms with van der Waals surface area (Å²) in [7, 11) is 0. The molecular formula is C20H22ClNO3. The number of nitrogens with zero attached hydrogens (tertiary/aromatic N) is 1. The Morgan fingerprint density at radius 3 is 2.68 bits per heavy atom. The van der Waals surface area contributed by atoms with Crippen molar-refractivity contribution in [2.75, 3.05) is 19.7 Å². The van der Waals surface area contributed by atoms with Crippen LogP contribution in [0.25, 0.3) is 0 Å². The fourth-order valence-corrected chi connectivity index (χ4v) is 3.40. The monoisotopic (exact) mass is 359 g/mol. The molecule has 0 saturated carbocycles.